The van der Waals surface area contributed by atoms with Crippen LogP contribution in [0.4, 0.5) is 4.79 Å². The molecule has 3 rings (SSSR count). The van der Waals surface area contributed by atoms with Gasteiger partial charge in [-0.05, 0) is 55.8 Å². The lowest BCUT2D eigenvalue weighted by molar-refractivity contribution is -0.129. The van der Waals surface area contributed by atoms with Crippen LogP contribution in [0.1, 0.15) is 32.8 Å². The Bertz CT molecular complexity index is 1030. The lowest BCUT2D eigenvalue weighted by atomic mass is 10.0. The number of imide groups is 1. The summed E-state index contributed by atoms with van der Waals surface area (Å²) in [6.45, 7) is 6.98. The first kappa shape index (κ1) is 22.7. The number of fused-ring (bicyclic) bond motifs is 1. The molecular formula is C23H26N2O5S. The van der Waals surface area contributed by atoms with E-state index in [1.807, 2.05) is 51.1 Å². The summed E-state index contributed by atoms with van der Waals surface area (Å²) in [6, 6.07) is 9.38. The lowest BCUT2D eigenvalue weighted by Gasteiger charge is -2.14. The molecule has 31 heavy (non-hydrogen) atoms. The molecule has 1 heterocycles. The summed E-state index contributed by atoms with van der Waals surface area (Å²) in [5.74, 6) is 0.566. The zero-order valence-electron chi connectivity index (χ0n) is 17.9. The Hall–Kier alpha value is -3.00. The summed E-state index contributed by atoms with van der Waals surface area (Å²) in [5, 5.41) is 3.90. The highest BCUT2D eigenvalue weighted by Crippen LogP contribution is 2.39. The molecule has 0 saturated carbocycles. The summed E-state index contributed by atoms with van der Waals surface area (Å²) in [5.41, 5.74) is 0.739. The number of thioether (sulfide) groups is 1. The van der Waals surface area contributed by atoms with E-state index in [1.54, 1.807) is 6.08 Å². The van der Waals surface area contributed by atoms with Crippen molar-refractivity contribution < 1.29 is 23.9 Å². The normalized spacial score (nSPS) is 15.1. The maximum atomic E-state index is 12.8. The average molecular weight is 443 g/mol. The fourth-order valence-corrected chi connectivity index (χ4v) is 4.12. The molecule has 7 nitrogen and oxygen atoms in total. The molecule has 0 bridgehead atoms. The molecule has 0 spiro atoms. The number of nitrogens with one attached hydrogen (secondary N) is 1. The van der Waals surface area contributed by atoms with E-state index >= 15 is 0 Å². The summed E-state index contributed by atoms with van der Waals surface area (Å²) in [7, 11) is 0. The van der Waals surface area contributed by atoms with Crippen LogP contribution >= 0.6 is 11.8 Å². The molecule has 1 aliphatic heterocycles. The zero-order chi connectivity index (χ0) is 22.4. The van der Waals surface area contributed by atoms with Crippen LogP contribution < -0.4 is 14.8 Å². The standard InChI is InChI=1S/C23H26N2O5S/c1-4-12-24-20(26)14-25-22(27)19(31-23(25)28)13-15-10-11-17(29-5-2)16-8-7-9-18(21(15)16)30-6-3/h7-11,13H,4-6,12,14H2,1-3H3,(H,24,26)/b19-13-. The molecular weight excluding hydrogens is 416 g/mol. The zero-order valence-corrected chi connectivity index (χ0v) is 18.7. The van der Waals surface area contributed by atoms with Crippen LogP contribution in [0.15, 0.2) is 35.2 Å². The van der Waals surface area contributed by atoms with Crippen molar-refractivity contribution in [1.29, 1.82) is 0 Å². The SMILES string of the molecule is CCCNC(=O)CN1C(=O)S/C(=C\c2ccc(OCC)c3cccc(OCC)c23)C1=O. The van der Waals surface area contributed by atoms with Crippen LogP contribution in [0.2, 0.25) is 0 Å². The number of hydrogen-bond acceptors (Lipinski definition) is 6. The van der Waals surface area contributed by atoms with Gasteiger partial charge in [0.25, 0.3) is 11.1 Å². The Morgan fingerprint density at radius 2 is 1.81 bits per heavy atom. The molecule has 0 aliphatic carbocycles. The fraction of sp³-hybridized carbons (Fsp3) is 0.348. The third-order valence-electron chi connectivity index (χ3n) is 4.63. The van der Waals surface area contributed by atoms with Gasteiger partial charge < -0.3 is 14.8 Å². The number of rotatable bonds is 9. The monoisotopic (exact) mass is 442 g/mol. The maximum absolute atomic E-state index is 12.8. The van der Waals surface area contributed by atoms with Crippen LogP contribution in [0.25, 0.3) is 16.8 Å². The Morgan fingerprint density at radius 1 is 1.06 bits per heavy atom. The van der Waals surface area contributed by atoms with Crippen molar-refractivity contribution in [3.05, 3.63) is 40.8 Å². The molecule has 1 fully saturated rings. The molecule has 1 N–H and O–H groups in total. The van der Waals surface area contributed by atoms with E-state index in [0.29, 0.717) is 25.5 Å². The largest absolute Gasteiger partial charge is 0.493 e. The van der Waals surface area contributed by atoms with E-state index in [2.05, 4.69) is 5.32 Å². The highest BCUT2D eigenvalue weighted by Gasteiger charge is 2.36. The second kappa shape index (κ2) is 10.3. The van der Waals surface area contributed by atoms with Gasteiger partial charge in [0.15, 0.2) is 0 Å². The minimum absolute atomic E-state index is 0.269. The summed E-state index contributed by atoms with van der Waals surface area (Å²) >= 11 is 0.831. The molecule has 0 atom stereocenters. The Kier molecular flexibility index (Phi) is 7.57. The van der Waals surface area contributed by atoms with Crippen molar-refractivity contribution in [1.82, 2.24) is 10.2 Å². The van der Waals surface area contributed by atoms with E-state index in [9.17, 15) is 14.4 Å². The smallest absolute Gasteiger partial charge is 0.294 e. The van der Waals surface area contributed by atoms with Gasteiger partial charge in [0, 0.05) is 17.3 Å². The molecule has 164 valence electrons. The van der Waals surface area contributed by atoms with Crippen molar-refractivity contribution in [3.8, 4) is 11.5 Å². The third-order valence-corrected chi connectivity index (χ3v) is 5.54. The average Bonchev–Trinajstić information content (AvgIpc) is 3.01. The molecule has 8 heteroatoms. The predicted molar refractivity (Wildman–Crippen MR) is 122 cm³/mol. The Labute approximate surface area is 185 Å². The van der Waals surface area contributed by atoms with Crippen molar-refractivity contribution in [2.24, 2.45) is 0 Å². The number of amides is 3. The fourth-order valence-electron chi connectivity index (χ4n) is 3.29. The van der Waals surface area contributed by atoms with E-state index in [4.69, 9.17) is 9.47 Å². The van der Waals surface area contributed by atoms with Gasteiger partial charge in [0.1, 0.15) is 18.0 Å². The van der Waals surface area contributed by atoms with Crippen molar-refractivity contribution in [3.63, 3.8) is 0 Å². The molecule has 2 aromatic carbocycles. The van der Waals surface area contributed by atoms with Gasteiger partial charge in [-0.25, -0.2) is 0 Å². The highest BCUT2D eigenvalue weighted by molar-refractivity contribution is 8.18. The van der Waals surface area contributed by atoms with Crippen molar-refractivity contribution in [2.75, 3.05) is 26.3 Å². The van der Waals surface area contributed by atoms with E-state index in [0.717, 1.165) is 45.2 Å². The van der Waals surface area contributed by atoms with Crippen LogP contribution in [0.5, 0.6) is 11.5 Å². The topological polar surface area (TPSA) is 84.9 Å². The number of hydrogen-bond donors (Lipinski definition) is 1. The number of nitrogens with zero attached hydrogens (tertiary/aromatic N) is 1. The molecule has 0 unspecified atom stereocenters. The van der Waals surface area contributed by atoms with Crippen LogP contribution in [0, 0.1) is 0 Å². The quantitative estimate of drug-likeness (QED) is 0.586. The first-order chi connectivity index (χ1) is 15.0. The van der Waals surface area contributed by atoms with Gasteiger partial charge in [-0.1, -0.05) is 25.1 Å². The summed E-state index contributed by atoms with van der Waals surface area (Å²) in [6.07, 6.45) is 2.45. The van der Waals surface area contributed by atoms with Gasteiger partial charge in [-0.2, -0.15) is 0 Å². The molecule has 0 radical (unpaired) electrons. The maximum Gasteiger partial charge on any atom is 0.294 e. The van der Waals surface area contributed by atoms with Gasteiger partial charge in [0.2, 0.25) is 5.91 Å². The van der Waals surface area contributed by atoms with Crippen LogP contribution in [0.3, 0.4) is 0 Å². The lowest BCUT2D eigenvalue weighted by Crippen LogP contribution is -2.39. The number of carbonyl (C=O) groups excluding carboxylic acids is 3. The first-order valence-corrected chi connectivity index (χ1v) is 11.1. The first-order valence-electron chi connectivity index (χ1n) is 10.3. The highest BCUT2D eigenvalue weighted by atomic mass is 32.2. The van der Waals surface area contributed by atoms with Gasteiger partial charge in [-0.3, -0.25) is 19.3 Å². The molecule has 0 aromatic heterocycles. The number of benzene rings is 2. The van der Waals surface area contributed by atoms with Gasteiger partial charge >= 0.3 is 0 Å². The molecule has 3 amide bonds. The van der Waals surface area contributed by atoms with E-state index < -0.39 is 11.1 Å². The van der Waals surface area contributed by atoms with Gasteiger partial charge in [-0.15, -0.1) is 0 Å². The van der Waals surface area contributed by atoms with E-state index in [-0.39, 0.29) is 17.4 Å². The number of ether oxygens (including phenoxy) is 2. The Morgan fingerprint density at radius 3 is 2.52 bits per heavy atom. The predicted octanol–water partition coefficient (Wildman–Crippen LogP) is 4.20. The van der Waals surface area contributed by atoms with Crippen LogP contribution in [-0.4, -0.2) is 48.3 Å². The second-order valence-electron chi connectivity index (χ2n) is 6.82. The third kappa shape index (κ3) is 5.02. The Balaban J connectivity index is 1.98. The molecule has 1 saturated heterocycles. The molecule has 2 aromatic rings. The van der Waals surface area contributed by atoms with Crippen molar-refractivity contribution >= 4 is 45.7 Å². The summed E-state index contributed by atoms with van der Waals surface area (Å²) in [4.78, 5) is 38.4. The molecule has 1 aliphatic rings. The second-order valence-corrected chi connectivity index (χ2v) is 7.81. The van der Waals surface area contributed by atoms with Crippen LogP contribution in [-0.2, 0) is 9.59 Å². The van der Waals surface area contributed by atoms with E-state index in [1.165, 1.54) is 0 Å². The van der Waals surface area contributed by atoms with Gasteiger partial charge in [0.05, 0.1) is 18.1 Å². The van der Waals surface area contributed by atoms with Crippen molar-refractivity contribution in [2.45, 2.75) is 27.2 Å². The summed E-state index contributed by atoms with van der Waals surface area (Å²) < 4.78 is 11.6. The minimum Gasteiger partial charge on any atom is -0.493 e. The minimum atomic E-state index is -0.474. The number of carbonyl (C=O) groups is 3.